The lowest BCUT2D eigenvalue weighted by atomic mass is 9.96. The minimum atomic E-state index is -0.499. The summed E-state index contributed by atoms with van der Waals surface area (Å²) in [5.74, 6) is 0.329. The maximum atomic E-state index is 13.1. The number of halogens is 1. The van der Waals surface area contributed by atoms with Crippen LogP contribution in [0.1, 0.15) is 32.9 Å². The summed E-state index contributed by atoms with van der Waals surface area (Å²) in [6, 6.07) is 3.15. The number of aromatic nitrogens is 1. The molecule has 0 spiro atoms. The standard InChI is InChI=1S/C17H24FN3O2/c1-16(2,3)23-15(22)21-7-6-12-13(9-21)17(12,10-19)14-5-4-11(18)8-20-14/h4-5,8,12-13H,6-7,9-10,19H2,1-3H3. The van der Waals surface area contributed by atoms with Gasteiger partial charge in [0.25, 0.3) is 0 Å². The zero-order chi connectivity index (χ0) is 16.8. The van der Waals surface area contributed by atoms with Crippen LogP contribution in [0.2, 0.25) is 0 Å². The van der Waals surface area contributed by atoms with Gasteiger partial charge in [0.15, 0.2) is 0 Å². The van der Waals surface area contributed by atoms with Crippen LogP contribution in [-0.2, 0) is 10.2 Å². The van der Waals surface area contributed by atoms with E-state index in [1.807, 2.05) is 20.8 Å². The van der Waals surface area contributed by atoms with Crippen LogP contribution in [0.5, 0.6) is 0 Å². The van der Waals surface area contributed by atoms with Crippen LogP contribution in [0.4, 0.5) is 9.18 Å². The van der Waals surface area contributed by atoms with Gasteiger partial charge in [-0.15, -0.1) is 0 Å². The van der Waals surface area contributed by atoms with Gasteiger partial charge in [-0.2, -0.15) is 0 Å². The second kappa shape index (κ2) is 5.44. The number of pyridine rings is 1. The largest absolute Gasteiger partial charge is 0.444 e. The lowest BCUT2D eigenvalue weighted by Crippen LogP contribution is -2.41. The van der Waals surface area contributed by atoms with Crippen molar-refractivity contribution >= 4 is 6.09 Å². The Balaban J connectivity index is 1.74. The molecule has 0 bridgehead atoms. The summed E-state index contributed by atoms with van der Waals surface area (Å²) in [6.45, 7) is 7.34. The fourth-order valence-electron chi connectivity index (χ4n) is 3.91. The van der Waals surface area contributed by atoms with E-state index in [0.717, 1.165) is 12.1 Å². The molecule has 1 saturated carbocycles. The molecule has 3 atom stereocenters. The molecule has 1 saturated heterocycles. The molecular weight excluding hydrogens is 297 g/mol. The summed E-state index contributed by atoms with van der Waals surface area (Å²) in [5, 5.41) is 0. The number of ether oxygens (including phenoxy) is 1. The van der Waals surface area contributed by atoms with E-state index in [2.05, 4.69) is 4.98 Å². The third-order valence-corrected chi connectivity index (χ3v) is 5.02. The second-order valence-corrected chi connectivity index (χ2v) is 7.53. The molecule has 0 radical (unpaired) electrons. The molecule has 3 unspecified atom stereocenters. The molecule has 1 aliphatic heterocycles. The smallest absolute Gasteiger partial charge is 0.410 e. The predicted molar refractivity (Wildman–Crippen MR) is 84.3 cm³/mol. The van der Waals surface area contributed by atoms with Gasteiger partial charge in [0, 0.05) is 30.7 Å². The van der Waals surface area contributed by atoms with Crippen molar-refractivity contribution in [1.29, 1.82) is 0 Å². The van der Waals surface area contributed by atoms with Crippen LogP contribution >= 0.6 is 0 Å². The molecule has 2 fully saturated rings. The first-order valence-corrected chi connectivity index (χ1v) is 8.08. The highest BCUT2D eigenvalue weighted by molar-refractivity contribution is 5.68. The molecule has 2 heterocycles. The Morgan fingerprint density at radius 2 is 2.22 bits per heavy atom. The topological polar surface area (TPSA) is 68.5 Å². The number of nitrogens with zero attached hydrogens (tertiary/aromatic N) is 2. The molecule has 3 rings (SSSR count). The number of carbonyl (C=O) groups is 1. The highest BCUT2D eigenvalue weighted by atomic mass is 19.1. The number of carbonyl (C=O) groups excluding carboxylic acids is 1. The van der Waals surface area contributed by atoms with Crippen molar-refractivity contribution in [2.24, 2.45) is 17.6 Å². The molecule has 126 valence electrons. The highest BCUT2D eigenvalue weighted by Gasteiger charge is 2.67. The fourth-order valence-corrected chi connectivity index (χ4v) is 3.91. The van der Waals surface area contributed by atoms with Crippen LogP contribution in [0.25, 0.3) is 0 Å². The summed E-state index contributed by atoms with van der Waals surface area (Å²) in [5.41, 5.74) is 6.16. The summed E-state index contributed by atoms with van der Waals surface area (Å²) in [4.78, 5) is 18.3. The maximum Gasteiger partial charge on any atom is 0.410 e. The summed E-state index contributed by atoms with van der Waals surface area (Å²) in [7, 11) is 0. The number of hydrogen-bond acceptors (Lipinski definition) is 4. The van der Waals surface area contributed by atoms with Crippen molar-refractivity contribution < 1.29 is 13.9 Å². The number of piperidine rings is 1. The zero-order valence-electron chi connectivity index (χ0n) is 13.9. The van der Waals surface area contributed by atoms with Crippen LogP contribution in [-0.4, -0.2) is 41.2 Å². The Kier molecular flexibility index (Phi) is 3.83. The van der Waals surface area contributed by atoms with E-state index >= 15 is 0 Å². The molecule has 1 amide bonds. The van der Waals surface area contributed by atoms with Gasteiger partial charge in [0.05, 0.1) is 6.20 Å². The lowest BCUT2D eigenvalue weighted by Gasteiger charge is -2.29. The second-order valence-electron chi connectivity index (χ2n) is 7.53. The van der Waals surface area contributed by atoms with Gasteiger partial charge in [-0.1, -0.05) is 0 Å². The van der Waals surface area contributed by atoms with Crippen LogP contribution in [0, 0.1) is 17.7 Å². The average molecular weight is 321 g/mol. The molecule has 6 heteroatoms. The quantitative estimate of drug-likeness (QED) is 0.907. The molecule has 2 N–H and O–H groups in total. The van der Waals surface area contributed by atoms with E-state index in [4.69, 9.17) is 10.5 Å². The lowest BCUT2D eigenvalue weighted by molar-refractivity contribution is 0.0206. The highest BCUT2D eigenvalue weighted by Crippen LogP contribution is 2.62. The molecule has 1 aliphatic carbocycles. The fraction of sp³-hybridized carbons (Fsp3) is 0.647. The van der Waals surface area contributed by atoms with E-state index < -0.39 is 5.60 Å². The van der Waals surface area contributed by atoms with Crippen LogP contribution in [0.3, 0.4) is 0 Å². The Morgan fingerprint density at radius 3 is 2.78 bits per heavy atom. The summed E-state index contributed by atoms with van der Waals surface area (Å²) < 4.78 is 18.6. The van der Waals surface area contributed by atoms with Gasteiger partial charge in [-0.05, 0) is 51.2 Å². The monoisotopic (exact) mass is 321 g/mol. The van der Waals surface area contributed by atoms with Crippen molar-refractivity contribution in [3.8, 4) is 0 Å². The summed E-state index contributed by atoms with van der Waals surface area (Å²) >= 11 is 0. The van der Waals surface area contributed by atoms with E-state index in [1.54, 1.807) is 11.0 Å². The van der Waals surface area contributed by atoms with Crippen molar-refractivity contribution in [1.82, 2.24) is 9.88 Å². The van der Waals surface area contributed by atoms with Gasteiger partial charge < -0.3 is 15.4 Å². The summed E-state index contributed by atoms with van der Waals surface area (Å²) in [6.07, 6.45) is 1.84. The predicted octanol–water partition coefficient (Wildman–Crippen LogP) is 2.30. The van der Waals surface area contributed by atoms with Gasteiger partial charge in [-0.25, -0.2) is 9.18 Å². The third-order valence-electron chi connectivity index (χ3n) is 5.02. The minimum Gasteiger partial charge on any atom is -0.444 e. The van der Waals surface area contributed by atoms with Crippen molar-refractivity contribution in [3.05, 3.63) is 29.8 Å². The maximum absolute atomic E-state index is 13.1. The molecule has 5 nitrogen and oxygen atoms in total. The molecule has 2 aliphatic rings. The number of likely N-dealkylation sites (tertiary alicyclic amines) is 1. The Bertz CT molecular complexity index is 599. The van der Waals surface area contributed by atoms with Crippen LogP contribution in [0.15, 0.2) is 18.3 Å². The van der Waals surface area contributed by atoms with Gasteiger partial charge >= 0.3 is 6.09 Å². The normalized spacial score (nSPS) is 29.9. The number of amides is 1. The molecule has 23 heavy (non-hydrogen) atoms. The Hall–Kier alpha value is -1.69. The SMILES string of the molecule is CC(C)(C)OC(=O)N1CCC2C(C1)C2(CN)c1ccc(F)cn1. The molecule has 0 aromatic carbocycles. The first kappa shape index (κ1) is 16.2. The van der Waals surface area contributed by atoms with Crippen molar-refractivity contribution in [3.63, 3.8) is 0 Å². The number of nitrogens with two attached hydrogens (primary N) is 1. The average Bonchev–Trinajstić information content (AvgIpc) is 3.14. The molecule has 1 aromatic rings. The first-order chi connectivity index (χ1) is 10.8. The van der Waals surface area contributed by atoms with Gasteiger partial charge in [-0.3, -0.25) is 4.98 Å². The molecular formula is C17H24FN3O2. The van der Waals surface area contributed by atoms with E-state index in [0.29, 0.717) is 25.6 Å². The van der Waals surface area contributed by atoms with E-state index in [1.165, 1.54) is 12.3 Å². The zero-order valence-corrected chi connectivity index (χ0v) is 13.9. The van der Waals surface area contributed by atoms with Crippen molar-refractivity contribution in [2.45, 2.75) is 38.2 Å². The van der Waals surface area contributed by atoms with Gasteiger partial charge in [0.1, 0.15) is 11.4 Å². The Labute approximate surface area is 136 Å². The van der Waals surface area contributed by atoms with E-state index in [9.17, 15) is 9.18 Å². The van der Waals surface area contributed by atoms with Gasteiger partial charge in [0.2, 0.25) is 0 Å². The number of rotatable bonds is 2. The number of hydrogen-bond donors (Lipinski definition) is 1. The van der Waals surface area contributed by atoms with Crippen molar-refractivity contribution in [2.75, 3.05) is 19.6 Å². The Morgan fingerprint density at radius 1 is 1.48 bits per heavy atom. The third kappa shape index (κ3) is 2.80. The number of fused-ring (bicyclic) bond motifs is 1. The first-order valence-electron chi connectivity index (χ1n) is 8.08. The molecule has 1 aromatic heterocycles. The minimum absolute atomic E-state index is 0.232. The van der Waals surface area contributed by atoms with Crippen LogP contribution < -0.4 is 5.73 Å². The van der Waals surface area contributed by atoms with E-state index in [-0.39, 0.29) is 23.2 Å².